The van der Waals surface area contributed by atoms with Crippen LogP contribution in [0, 0.1) is 0 Å². The second kappa shape index (κ2) is 8.43. The van der Waals surface area contributed by atoms with Gasteiger partial charge in [0.2, 0.25) is 0 Å². The number of hydrogen-bond acceptors (Lipinski definition) is 2. The number of H-pyrrole nitrogens is 2. The molecule has 1 aliphatic heterocycles. The zero-order valence-corrected chi connectivity index (χ0v) is 19.5. The molecule has 0 aliphatic carbocycles. The largest absolute Gasteiger partial charge is 0.358 e. The SMILES string of the molecule is CN1C(=O)C(Br)=C(c2c(CCCCCc3cc4ccccc4[nH]3)[nH]c3ccccc23)C1=O. The number of carbonyl (C=O) groups excluding carboxylic acids is 2. The number of halogens is 1. The Bertz CT molecular complexity index is 1350. The number of hydrogen-bond donors (Lipinski definition) is 2. The maximum atomic E-state index is 12.8. The van der Waals surface area contributed by atoms with Gasteiger partial charge in [0, 0.05) is 40.4 Å². The molecule has 5 rings (SSSR count). The van der Waals surface area contributed by atoms with Crippen molar-refractivity contribution < 1.29 is 9.59 Å². The molecule has 6 heteroatoms. The number of nitrogens with zero attached hydrogens (tertiary/aromatic N) is 1. The van der Waals surface area contributed by atoms with Gasteiger partial charge in [-0.15, -0.1) is 0 Å². The van der Waals surface area contributed by atoms with E-state index in [2.05, 4.69) is 56.2 Å². The van der Waals surface area contributed by atoms with Crippen LogP contribution >= 0.6 is 15.9 Å². The standard InChI is InChI=1S/C26H24BrN3O2/c1-30-25(31)23(24(27)26(30)32)22-18-11-6-8-13-20(18)29-21(22)14-4-2-3-10-17-15-16-9-5-7-12-19(16)28-17/h5-9,11-13,15,28-29H,2-4,10,14H2,1H3. The molecule has 1 aliphatic rings. The second-order valence-electron chi connectivity index (χ2n) is 8.32. The highest BCUT2D eigenvalue weighted by atomic mass is 79.9. The van der Waals surface area contributed by atoms with Crippen LogP contribution in [0.15, 0.2) is 59.1 Å². The molecule has 5 nitrogen and oxygen atoms in total. The summed E-state index contributed by atoms with van der Waals surface area (Å²) in [7, 11) is 1.53. The van der Waals surface area contributed by atoms with Crippen molar-refractivity contribution in [1.82, 2.24) is 14.9 Å². The van der Waals surface area contributed by atoms with Crippen LogP contribution in [0.4, 0.5) is 0 Å². The lowest BCUT2D eigenvalue weighted by Crippen LogP contribution is -2.26. The Labute approximate surface area is 194 Å². The van der Waals surface area contributed by atoms with Crippen LogP contribution in [0.25, 0.3) is 27.4 Å². The average Bonchev–Trinajstić information content (AvgIpc) is 3.43. The molecular weight excluding hydrogens is 466 g/mol. The van der Waals surface area contributed by atoms with E-state index < -0.39 is 0 Å². The van der Waals surface area contributed by atoms with E-state index in [1.165, 1.54) is 28.5 Å². The van der Waals surface area contributed by atoms with Gasteiger partial charge in [-0.2, -0.15) is 0 Å². The lowest BCUT2D eigenvalue weighted by Gasteiger charge is -2.08. The number of fused-ring (bicyclic) bond motifs is 2. The van der Waals surface area contributed by atoms with E-state index in [4.69, 9.17) is 0 Å². The molecule has 0 saturated carbocycles. The van der Waals surface area contributed by atoms with Crippen LogP contribution in [-0.4, -0.2) is 33.7 Å². The summed E-state index contributed by atoms with van der Waals surface area (Å²) in [4.78, 5) is 33.3. The van der Waals surface area contributed by atoms with Crippen LogP contribution in [-0.2, 0) is 22.4 Å². The Morgan fingerprint density at radius 1 is 0.844 bits per heavy atom. The van der Waals surface area contributed by atoms with Gasteiger partial charge in [0.1, 0.15) is 0 Å². The van der Waals surface area contributed by atoms with Crippen LogP contribution in [0.3, 0.4) is 0 Å². The third-order valence-corrected chi connectivity index (χ3v) is 6.96. The third-order valence-electron chi connectivity index (χ3n) is 6.22. The molecule has 0 fully saturated rings. The third kappa shape index (κ3) is 3.58. The monoisotopic (exact) mass is 489 g/mol. The Morgan fingerprint density at radius 2 is 1.56 bits per heavy atom. The Morgan fingerprint density at radius 3 is 2.31 bits per heavy atom. The maximum Gasteiger partial charge on any atom is 0.268 e. The number of unbranched alkanes of at least 4 members (excludes halogenated alkanes) is 2. The zero-order valence-electron chi connectivity index (χ0n) is 17.9. The molecule has 0 radical (unpaired) electrons. The number of aromatic nitrogens is 2. The number of nitrogens with one attached hydrogen (secondary N) is 2. The highest BCUT2D eigenvalue weighted by Crippen LogP contribution is 2.38. The minimum atomic E-state index is -0.292. The smallest absolute Gasteiger partial charge is 0.268 e. The number of likely N-dealkylation sites (N-methyl/N-ethyl adjacent to an activating group) is 1. The highest BCUT2D eigenvalue weighted by Gasteiger charge is 2.37. The van der Waals surface area contributed by atoms with Gasteiger partial charge in [-0.3, -0.25) is 14.5 Å². The fourth-order valence-corrected chi connectivity index (χ4v) is 5.19. The summed E-state index contributed by atoms with van der Waals surface area (Å²) < 4.78 is 0.342. The Kier molecular flexibility index (Phi) is 5.47. The fraction of sp³-hybridized carbons (Fsp3) is 0.231. The number of rotatable bonds is 7. The summed E-state index contributed by atoms with van der Waals surface area (Å²) in [5, 5.41) is 2.23. The second-order valence-corrected chi connectivity index (χ2v) is 9.12. The first-order chi connectivity index (χ1) is 15.5. The minimum Gasteiger partial charge on any atom is -0.358 e. The first-order valence-corrected chi connectivity index (χ1v) is 11.7. The number of aryl methyl sites for hydroxylation is 2. The van der Waals surface area contributed by atoms with Gasteiger partial charge in [0.05, 0.1) is 10.1 Å². The lowest BCUT2D eigenvalue weighted by atomic mass is 9.99. The van der Waals surface area contributed by atoms with E-state index in [1.807, 2.05) is 24.3 Å². The van der Waals surface area contributed by atoms with Crippen LogP contribution < -0.4 is 0 Å². The minimum absolute atomic E-state index is 0.258. The molecule has 0 spiro atoms. The van der Waals surface area contributed by atoms with E-state index in [9.17, 15) is 9.59 Å². The first kappa shape index (κ1) is 20.8. The molecule has 0 atom stereocenters. The molecule has 162 valence electrons. The number of aromatic amines is 2. The van der Waals surface area contributed by atoms with Gasteiger partial charge in [0.15, 0.2) is 0 Å². The van der Waals surface area contributed by atoms with Gasteiger partial charge in [-0.25, -0.2) is 0 Å². The average molecular weight is 490 g/mol. The molecule has 0 saturated heterocycles. The van der Waals surface area contributed by atoms with Crippen LogP contribution in [0.1, 0.15) is 36.2 Å². The first-order valence-electron chi connectivity index (χ1n) is 10.9. The number of amides is 2. The van der Waals surface area contributed by atoms with E-state index in [1.54, 1.807) is 0 Å². The summed E-state index contributed by atoms with van der Waals surface area (Å²) in [5.41, 5.74) is 5.77. The number of carbonyl (C=O) groups is 2. The molecule has 32 heavy (non-hydrogen) atoms. The van der Waals surface area contributed by atoms with Crippen molar-refractivity contribution >= 4 is 55.1 Å². The van der Waals surface area contributed by atoms with E-state index >= 15 is 0 Å². The van der Waals surface area contributed by atoms with E-state index in [-0.39, 0.29) is 11.8 Å². The predicted molar refractivity (Wildman–Crippen MR) is 131 cm³/mol. The summed E-state index contributed by atoms with van der Waals surface area (Å²) in [6.45, 7) is 0. The Balaban J connectivity index is 1.32. The molecule has 2 N–H and O–H groups in total. The topological polar surface area (TPSA) is 69.0 Å². The van der Waals surface area contributed by atoms with Crippen molar-refractivity contribution in [2.24, 2.45) is 0 Å². The summed E-state index contributed by atoms with van der Waals surface area (Å²) in [5.74, 6) is -0.550. The molecule has 0 unspecified atom stereocenters. The van der Waals surface area contributed by atoms with Crippen LogP contribution in [0.2, 0.25) is 0 Å². The van der Waals surface area contributed by atoms with Gasteiger partial charge >= 0.3 is 0 Å². The number of para-hydroxylation sites is 2. The summed E-state index contributed by atoms with van der Waals surface area (Å²) in [6, 6.07) is 18.5. The molecule has 2 aromatic carbocycles. The highest BCUT2D eigenvalue weighted by molar-refractivity contribution is 9.12. The van der Waals surface area contributed by atoms with Crippen molar-refractivity contribution in [1.29, 1.82) is 0 Å². The summed E-state index contributed by atoms with van der Waals surface area (Å²) in [6.07, 6.45) is 5.02. The van der Waals surface area contributed by atoms with Crippen molar-refractivity contribution in [3.8, 4) is 0 Å². The van der Waals surface area contributed by atoms with Gasteiger partial charge in [-0.05, 0) is 65.2 Å². The normalized spacial score (nSPS) is 14.5. The fourth-order valence-electron chi connectivity index (χ4n) is 4.56. The molecule has 2 aromatic heterocycles. The van der Waals surface area contributed by atoms with Gasteiger partial charge < -0.3 is 9.97 Å². The van der Waals surface area contributed by atoms with E-state index in [0.29, 0.717) is 10.1 Å². The predicted octanol–water partition coefficient (Wildman–Crippen LogP) is 5.71. The van der Waals surface area contributed by atoms with E-state index in [0.717, 1.165) is 54.3 Å². The molecule has 2 amide bonds. The van der Waals surface area contributed by atoms with Crippen LogP contribution in [0.5, 0.6) is 0 Å². The van der Waals surface area contributed by atoms with Crippen molar-refractivity contribution in [2.75, 3.05) is 7.05 Å². The van der Waals surface area contributed by atoms with Gasteiger partial charge in [-0.1, -0.05) is 42.8 Å². The quantitative estimate of drug-likeness (QED) is 0.258. The molecular formula is C26H24BrN3O2. The van der Waals surface area contributed by atoms with Crippen molar-refractivity contribution in [3.05, 3.63) is 76.0 Å². The lowest BCUT2D eigenvalue weighted by molar-refractivity contribution is -0.134. The maximum absolute atomic E-state index is 12.8. The number of benzene rings is 2. The Hall–Kier alpha value is -3.12. The van der Waals surface area contributed by atoms with Crippen molar-refractivity contribution in [2.45, 2.75) is 32.1 Å². The van der Waals surface area contributed by atoms with Crippen molar-refractivity contribution in [3.63, 3.8) is 0 Å². The van der Waals surface area contributed by atoms with Gasteiger partial charge in [0.25, 0.3) is 11.8 Å². The number of imide groups is 1. The molecule has 0 bridgehead atoms. The summed E-state index contributed by atoms with van der Waals surface area (Å²) >= 11 is 3.38. The molecule has 3 heterocycles. The zero-order chi connectivity index (χ0) is 22.2. The molecule has 4 aromatic rings.